The van der Waals surface area contributed by atoms with Gasteiger partial charge < -0.3 is 0 Å². The zero-order valence-corrected chi connectivity index (χ0v) is 28.6. The van der Waals surface area contributed by atoms with E-state index in [1.807, 2.05) is 32.9 Å². The molecule has 1 heterocycles. The first-order valence-electron chi connectivity index (χ1n) is 14.1. The van der Waals surface area contributed by atoms with E-state index >= 15 is 0 Å². The molecular formula is C32H44N4O3Sn. The molecule has 1 fully saturated rings. The molecule has 0 aromatic heterocycles. The number of nitrogens with zero attached hydrogens (tertiary/aromatic N) is 2. The van der Waals surface area contributed by atoms with Gasteiger partial charge >= 0.3 is 199 Å². The number of amidine groups is 2. The number of ether oxygens (including phenoxy) is 2. The van der Waals surface area contributed by atoms with Crippen LogP contribution in [0.25, 0.3) is 5.76 Å². The summed E-state index contributed by atoms with van der Waals surface area (Å²) in [7, 11) is 0. The number of carbonyl (C=O) groups excluding carboxylic acids is 1. The van der Waals surface area contributed by atoms with Crippen molar-refractivity contribution in [3.63, 3.8) is 0 Å². The van der Waals surface area contributed by atoms with Crippen LogP contribution in [0, 0.1) is 6.92 Å². The molecule has 0 saturated heterocycles. The first kappa shape index (κ1) is 30.2. The van der Waals surface area contributed by atoms with Gasteiger partial charge in [0.15, 0.2) is 0 Å². The van der Waals surface area contributed by atoms with Gasteiger partial charge in [0.1, 0.15) is 5.60 Å². The molecule has 2 N–H and O–H groups in total. The van der Waals surface area contributed by atoms with Gasteiger partial charge in [0.05, 0.1) is 0 Å². The average molecular weight is 651 g/mol. The number of hydrogen-bond acceptors (Lipinski definition) is 7. The molecule has 8 heteroatoms. The summed E-state index contributed by atoms with van der Waals surface area (Å²) < 4.78 is 13.3. The van der Waals surface area contributed by atoms with Crippen LogP contribution in [0.1, 0.15) is 93.4 Å². The van der Waals surface area contributed by atoms with Crippen LogP contribution in [0.5, 0.6) is 0 Å². The van der Waals surface area contributed by atoms with Crippen LogP contribution in [0.3, 0.4) is 0 Å². The zero-order chi connectivity index (χ0) is 29.5. The van der Waals surface area contributed by atoms with Gasteiger partial charge in [-0.05, 0) is 40.0 Å². The van der Waals surface area contributed by atoms with Crippen molar-refractivity contribution in [2.75, 3.05) is 0 Å². The molecule has 0 spiro atoms. The Hall–Kier alpha value is -2.81. The predicted octanol–water partition coefficient (Wildman–Crippen LogP) is 6.42. The fourth-order valence-corrected chi connectivity index (χ4v) is 7.81. The maximum atomic E-state index is 13.0. The summed E-state index contributed by atoms with van der Waals surface area (Å²) in [5, 5.41) is 9.28. The maximum absolute atomic E-state index is 13.0. The van der Waals surface area contributed by atoms with Gasteiger partial charge in [-0.25, -0.2) is 0 Å². The van der Waals surface area contributed by atoms with E-state index in [9.17, 15) is 4.79 Å². The molecule has 0 radical (unpaired) electrons. The second-order valence-electron chi connectivity index (χ2n) is 13.8. The van der Waals surface area contributed by atoms with Gasteiger partial charge in [-0.1, -0.05) is 0 Å². The van der Waals surface area contributed by atoms with E-state index in [1.54, 1.807) is 0 Å². The number of carbonyl (C=O) groups is 1. The van der Waals surface area contributed by atoms with Gasteiger partial charge in [0, 0.05) is 0 Å². The number of allylic oxidation sites excluding steroid dienone is 1. The Morgan fingerprint density at radius 3 is 1.80 bits per heavy atom. The van der Waals surface area contributed by atoms with Crippen LogP contribution >= 0.6 is 0 Å². The minimum atomic E-state index is -2.54. The molecule has 1 aliphatic heterocycles. The second kappa shape index (κ2) is 11.2. The van der Waals surface area contributed by atoms with Crippen molar-refractivity contribution >= 4 is 45.4 Å². The number of rotatable bonds is 6. The standard InChI is InChI=1S/C29H35N4O3.3CH3.Sn/c1-18-14-22(24(19-10-8-11-19)35-28(2,3)4)17-23(15-18)26-32-30-25(31-33-26)20-12-9-13-21(16-20)27(34)36-29(5,6)7;;;;/h12-17H,8,10-11H2,1-7H3,(H,30,31)(H,32,33);3*1H3;. The Kier molecular flexibility index (Phi) is 8.46. The van der Waals surface area contributed by atoms with E-state index in [0.29, 0.717) is 17.2 Å². The zero-order valence-electron chi connectivity index (χ0n) is 25.7. The van der Waals surface area contributed by atoms with Crippen LogP contribution in [0.4, 0.5) is 0 Å². The fraction of sp³-hybridized carbons (Fsp3) is 0.469. The normalized spacial score (nSPS) is 15.7. The molecular weight excluding hydrogens is 607 g/mol. The van der Waals surface area contributed by atoms with E-state index in [2.05, 4.69) is 87.8 Å². The van der Waals surface area contributed by atoms with Crippen LogP contribution in [-0.4, -0.2) is 47.2 Å². The SMILES string of the molecule is Cc1cc(C2=NNC(c3cc(C(=O)OC(C)(C)C)c[c]([Sn]([CH3])([CH3])[CH3])c3)=NN2)cc(C(OC(C)(C)C)=C2CCC2)c1. The number of aryl methyl sites for hydroxylation is 1. The van der Waals surface area contributed by atoms with Gasteiger partial charge in [0.25, 0.3) is 0 Å². The molecule has 2 aliphatic rings. The quantitative estimate of drug-likeness (QED) is 0.214. The molecule has 1 aliphatic carbocycles. The minimum absolute atomic E-state index is 0.284. The van der Waals surface area contributed by atoms with E-state index in [1.165, 1.54) is 15.6 Å². The summed E-state index contributed by atoms with van der Waals surface area (Å²) in [5.74, 6) is 1.84. The third kappa shape index (κ3) is 7.68. The van der Waals surface area contributed by atoms with E-state index in [4.69, 9.17) is 9.47 Å². The Labute approximate surface area is 243 Å². The fourth-order valence-electron chi connectivity index (χ4n) is 4.45. The Bertz CT molecular complexity index is 1400. The van der Waals surface area contributed by atoms with Crippen molar-refractivity contribution in [2.24, 2.45) is 10.2 Å². The number of nitrogens with one attached hydrogen (secondary N) is 2. The van der Waals surface area contributed by atoms with Crippen LogP contribution in [-0.2, 0) is 9.47 Å². The summed E-state index contributed by atoms with van der Waals surface area (Å²) in [4.78, 5) is 19.9. The molecule has 4 rings (SSSR count). The van der Waals surface area contributed by atoms with Crippen molar-refractivity contribution in [2.45, 2.75) is 93.7 Å². The molecule has 0 atom stereocenters. The summed E-state index contributed by atoms with van der Waals surface area (Å²) in [6.45, 7) is 14.0. The number of hydrogen-bond donors (Lipinski definition) is 2. The van der Waals surface area contributed by atoms with Crippen molar-refractivity contribution in [3.8, 4) is 0 Å². The first-order valence-corrected chi connectivity index (χ1v) is 24.1. The molecule has 40 heavy (non-hydrogen) atoms. The van der Waals surface area contributed by atoms with Crippen molar-refractivity contribution < 1.29 is 14.3 Å². The first-order chi connectivity index (χ1) is 18.5. The predicted molar refractivity (Wildman–Crippen MR) is 167 cm³/mol. The average Bonchev–Trinajstić information content (AvgIpc) is 2.79. The molecule has 214 valence electrons. The number of hydrazone groups is 2. The third-order valence-corrected chi connectivity index (χ3v) is 12.3. The summed E-state index contributed by atoms with van der Waals surface area (Å²) >= 11 is -2.54. The molecule has 0 amide bonds. The Morgan fingerprint density at radius 2 is 1.32 bits per heavy atom. The molecule has 2 aromatic carbocycles. The van der Waals surface area contributed by atoms with Gasteiger partial charge in [-0.15, -0.1) is 0 Å². The molecule has 2 aromatic rings. The monoisotopic (exact) mass is 652 g/mol. The van der Waals surface area contributed by atoms with Crippen LogP contribution < -0.4 is 14.4 Å². The van der Waals surface area contributed by atoms with Crippen molar-refractivity contribution in [1.29, 1.82) is 0 Å². The van der Waals surface area contributed by atoms with E-state index in [0.717, 1.165) is 40.9 Å². The Morgan fingerprint density at radius 1 is 0.775 bits per heavy atom. The Balaban J connectivity index is 1.63. The van der Waals surface area contributed by atoms with Gasteiger partial charge in [0.2, 0.25) is 0 Å². The van der Waals surface area contributed by atoms with E-state index in [-0.39, 0.29) is 11.6 Å². The molecule has 0 bridgehead atoms. The molecule has 1 saturated carbocycles. The number of benzene rings is 2. The van der Waals surface area contributed by atoms with Crippen molar-refractivity contribution in [3.05, 3.63) is 69.8 Å². The van der Waals surface area contributed by atoms with Crippen molar-refractivity contribution in [1.82, 2.24) is 10.9 Å². The summed E-state index contributed by atoms with van der Waals surface area (Å²) in [5.41, 5.74) is 11.2. The topological polar surface area (TPSA) is 84.3 Å². The second-order valence-corrected chi connectivity index (χ2v) is 28.3. The van der Waals surface area contributed by atoms with Gasteiger partial charge in [-0.3, -0.25) is 0 Å². The summed E-state index contributed by atoms with van der Waals surface area (Å²) in [6.07, 6.45) is 3.36. The van der Waals surface area contributed by atoms with Crippen LogP contribution in [0.15, 0.2) is 52.2 Å². The summed E-state index contributed by atoms with van der Waals surface area (Å²) in [6, 6.07) is 12.3. The van der Waals surface area contributed by atoms with Gasteiger partial charge in [-0.2, -0.15) is 0 Å². The van der Waals surface area contributed by atoms with E-state index < -0.39 is 24.0 Å². The number of esters is 1. The molecule has 0 unspecified atom stereocenters. The molecule has 7 nitrogen and oxygen atoms in total. The van der Waals surface area contributed by atoms with Crippen LogP contribution in [0.2, 0.25) is 14.8 Å². The third-order valence-electron chi connectivity index (χ3n) is 6.55.